The van der Waals surface area contributed by atoms with Gasteiger partial charge in [0, 0.05) is 49.4 Å². The number of aliphatic hydroxyl groups is 5. The first-order valence-electron chi connectivity index (χ1n) is 5.76. The van der Waals surface area contributed by atoms with Crippen LogP contribution >= 0.6 is 0 Å². The maximum Gasteiger partial charge on any atom is 0.509 e. The Balaban J connectivity index is -0.000000354. The van der Waals surface area contributed by atoms with Crippen molar-refractivity contribution in [2.24, 2.45) is 0 Å². The summed E-state index contributed by atoms with van der Waals surface area (Å²) >= 11 is 0. The minimum atomic E-state index is -5.31. The largest absolute Gasteiger partial charge is 0.509 e. The van der Waals surface area contributed by atoms with E-state index in [1.807, 2.05) is 0 Å². The average Bonchev–Trinajstić information content (AvgIpc) is 2.37. The summed E-state index contributed by atoms with van der Waals surface area (Å²) in [7, 11) is 3.57. The van der Waals surface area contributed by atoms with E-state index in [0.29, 0.717) is 0 Å². The van der Waals surface area contributed by atoms with Gasteiger partial charge < -0.3 is 19.3 Å². The fourth-order valence-corrected chi connectivity index (χ4v) is 0.707. The second-order valence-corrected chi connectivity index (χ2v) is 3.60. The number of hydrogen-bond acceptors (Lipinski definition) is 2. The van der Waals surface area contributed by atoms with Gasteiger partial charge in [0.1, 0.15) is 27.4 Å². The van der Waals surface area contributed by atoms with Crippen LogP contribution in [0.25, 0.3) is 0 Å². The van der Waals surface area contributed by atoms with Gasteiger partial charge in [-0.25, -0.2) is 0 Å². The zero-order chi connectivity index (χ0) is 17.8. The summed E-state index contributed by atoms with van der Waals surface area (Å²) < 4.78 is 81.2. The molecular formula is C11H19EuF6O5+3. The van der Waals surface area contributed by atoms with Crippen molar-refractivity contribution < 1.29 is 99.8 Å². The monoisotopic (exact) mass is 498 g/mol. The van der Waals surface area contributed by atoms with Gasteiger partial charge in [-0.3, -0.25) is 4.79 Å². The van der Waals surface area contributed by atoms with Gasteiger partial charge in [-0.05, 0) is 0 Å². The molecule has 0 fully saturated rings. The van der Waals surface area contributed by atoms with Crippen LogP contribution in [-0.2, 0) is 4.74 Å². The topological polar surface area (TPSA) is 76.5 Å². The van der Waals surface area contributed by atoms with Crippen molar-refractivity contribution >= 4 is 5.78 Å². The Morgan fingerprint density at radius 2 is 1.39 bits per heavy atom. The SMILES string of the molecule is C[OH+]CCOCC[OH+]C.O/C(=C\C(=[OH+])C(F)(F)F)C(F)(F)F.[Eu]. The average molecular weight is 497 g/mol. The summed E-state index contributed by atoms with van der Waals surface area (Å²) in [6.07, 6.45) is -11.4. The van der Waals surface area contributed by atoms with E-state index < -0.39 is 30.0 Å². The first kappa shape index (κ1) is 28.1. The summed E-state index contributed by atoms with van der Waals surface area (Å²) in [6.45, 7) is 3.05. The molecule has 4 N–H and O–H groups in total. The minimum absolute atomic E-state index is 0. The molecule has 0 aromatic heterocycles. The predicted octanol–water partition coefficient (Wildman–Crippen LogP) is 1.42. The Morgan fingerprint density at radius 3 is 1.65 bits per heavy atom. The number of carbonyl (C=O) groups excluding carboxylic acids is 1. The van der Waals surface area contributed by atoms with Gasteiger partial charge in [0.2, 0.25) is 5.76 Å². The molecule has 0 saturated carbocycles. The van der Waals surface area contributed by atoms with Crippen LogP contribution in [0.2, 0.25) is 0 Å². The normalized spacial score (nSPS) is 12.1. The van der Waals surface area contributed by atoms with E-state index in [1.54, 1.807) is 14.2 Å². The quantitative estimate of drug-likeness (QED) is 0.190. The number of ether oxygens (including phenoxy) is 3. The van der Waals surface area contributed by atoms with Crippen LogP contribution in [0, 0.1) is 49.4 Å². The van der Waals surface area contributed by atoms with Gasteiger partial charge in [-0.1, -0.05) is 0 Å². The van der Waals surface area contributed by atoms with E-state index in [4.69, 9.17) is 14.6 Å². The van der Waals surface area contributed by atoms with E-state index in [0.717, 1.165) is 26.4 Å². The van der Waals surface area contributed by atoms with E-state index in [2.05, 4.69) is 9.47 Å². The predicted molar refractivity (Wildman–Crippen MR) is 66.6 cm³/mol. The van der Waals surface area contributed by atoms with Crippen LogP contribution in [0.1, 0.15) is 0 Å². The number of rotatable bonds is 7. The molecule has 0 aromatic rings. The summed E-state index contributed by atoms with van der Waals surface area (Å²) in [6, 6.07) is 0. The molecule has 0 bridgehead atoms. The molecule has 0 aliphatic carbocycles. The molecule has 12 heteroatoms. The zero-order valence-electron chi connectivity index (χ0n) is 12.2. The smallest absolute Gasteiger partial charge is 0.504 e. The second-order valence-electron chi connectivity index (χ2n) is 3.60. The molecule has 23 heavy (non-hydrogen) atoms. The molecule has 0 amide bonds. The summed E-state index contributed by atoms with van der Waals surface area (Å²) in [5, 5.41) is 7.97. The Bertz CT molecular complexity index is 337. The molecule has 0 atom stereocenters. The standard InChI is InChI=1S/C6H14O3.C5H2F6O2.Eu/c1-7-3-5-9-6-4-8-2;6-4(7,8)2(12)1-3(13)5(9,10)11;/h3-6H2,1-2H3;1,12H;/p+3/b;2-1-;. The fourth-order valence-electron chi connectivity index (χ4n) is 0.707. The third kappa shape index (κ3) is 18.4. The molecule has 0 unspecified atom stereocenters. The van der Waals surface area contributed by atoms with Crippen molar-refractivity contribution in [3.05, 3.63) is 11.8 Å². The number of ketones is 1. The second kappa shape index (κ2) is 14.6. The van der Waals surface area contributed by atoms with Crippen LogP contribution in [0.3, 0.4) is 0 Å². The molecule has 0 heterocycles. The van der Waals surface area contributed by atoms with Crippen LogP contribution < -0.4 is 0 Å². The van der Waals surface area contributed by atoms with Crippen molar-refractivity contribution in [3.8, 4) is 0 Å². The molecule has 0 spiro atoms. The van der Waals surface area contributed by atoms with Crippen LogP contribution in [0.5, 0.6) is 0 Å². The molecule has 0 rings (SSSR count). The Morgan fingerprint density at radius 1 is 1.00 bits per heavy atom. The summed E-state index contributed by atoms with van der Waals surface area (Å²) in [4.78, 5) is 7.97. The Labute approximate surface area is 169 Å². The summed E-state index contributed by atoms with van der Waals surface area (Å²) in [5.74, 6) is -5.02. The third-order valence-electron chi connectivity index (χ3n) is 1.77. The number of halogens is 6. The molecule has 0 aliphatic rings. The summed E-state index contributed by atoms with van der Waals surface area (Å²) in [5.41, 5.74) is 0. The van der Waals surface area contributed by atoms with Crippen molar-refractivity contribution in [2.45, 2.75) is 12.4 Å². The van der Waals surface area contributed by atoms with Crippen molar-refractivity contribution in [1.82, 2.24) is 0 Å². The maximum atomic E-state index is 11.4. The number of alkyl halides is 6. The van der Waals surface area contributed by atoms with Crippen LogP contribution in [-0.4, -0.2) is 78.2 Å². The molecule has 0 saturated heterocycles. The zero-order valence-corrected chi connectivity index (χ0v) is 14.7. The van der Waals surface area contributed by atoms with Gasteiger partial charge in [0.25, 0.3) is 0 Å². The molecular weight excluding hydrogens is 478 g/mol. The first-order valence-corrected chi connectivity index (χ1v) is 5.76. The van der Waals surface area contributed by atoms with E-state index >= 15 is 0 Å². The maximum absolute atomic E-state index is 11.4. The minimum Gasteiger partial charge on any atom is -0.504 e. The van der Waals surface area contributed by atoms with E-state index in [1.165, 1.54) is 0 Å². The van der Waals surface area contributed by atoms with E-state index in [-0.39, 0.29) is 49.4 Å². The van der Waals surface area contributed by atoms with Crippen molar-refractivity contribution in [1.29, 1.82) is 0 Å². The van der Waals surface area contributed by atoms with Crippen LogP contribution in [0.4, 0.5) is 26.3 Å². The van der Waals surface area contributed by atoms with Gasteiger partial charge in [0.15, 0.2) is 13.2 Å². The molecule has 1 radical (unpaired) electrons. The van der Waals surface area contributed by atoms with Gasteiger partial charge >= 0.3 is 18.1 Å². The van der Waals surface area contributed by atoms with Gasteiger partial charge in [-0.15, -0.1) is 0 Å². The van der Waals surface area contributed by atoms with E-state index in [9.17, 15) is 26.3 Å². The van der Waals surface area contributed by atoms with Gasteiger partial charge in [0.05, 0.1) is 6.08 Å². The van der Waals surface area contributed by atoms with Crippen molar-refractivity contribution in [2.75, 3.05) is 40.6 Å². The number of aliphatic hydroxyl groups excluding tert-OH is 1. The Kier molecular flexibility index (Phi) is 17.8. The van der Waals surface area contributed by atoms with Crippen molar-refractivity contribution in [3.63, 3.8) is 0 Å². The molecule has 0 aliphatic heterocycles. The van der Waals surface area contributed by atoms with Gasteiger partial charge in [-0.2, -0.15) is 26.3 Å². The molecule has 5 nitrogen and oxygen atoms in total. The molecule has 0 aromatic carbocycles. The first-order chi connectivity index (χ1) is 9.96. The fraction of sp³-hybridized carbons (Fsp3) is 0.727. The third-order valence-corrected chi connectivity index (χ3v) is 1.77. The van der Waals surface area contributed by atoms with Crippen LogP contribution in [0.15, 0.2) is 11.8 Å². The number of hydrogen-bond donors (Lipinski definition) is 1. The number of allylic oxidation sites excluding steroid dienone is 2. The molecule has 139 valence electrons. The Hall–Kier alpha value is 0.254.